The van der Waals surface area contributed by atoms with Crippen LogP contribution in [0.4, 0.5) is 4.39 Å². The van der Waals surface area contributed by atoms with Gasteiger partial charge in [0.1, 0.15) is 5.52 Å². The zero-order chi connectivity index (χ0) is 15.5. The fourth-order valence-electron chi connectivity index (χ4n) is 2.92. The Bertz CT molecular complexity index is 709. The molecule has 2 aromatic heterocycles. The first-order valence-electron chi connectivity index (χ1n) is 7.59. The number of aromatic nitrogens is 3. The first-order chi connectivity index (χ1) is 10.7. The van der Waals surface area contributed by atoms with Crippen LogP contribution >= 0.6 is 0 Å². The second-order valence-corrected chi connectivity index (χ2v) is 5.63. The Morgan fingerprint density at radius 3 is 2.82 bits per heavy atom. The molecule has 0 saturated carbocycles. The highest BCUT2D eigenvalue weighted by molar-refractivity contribution is 5.69. The molecule has 1 saturated heterocycles. The third-order valence-corrected chi connectivity index (χ3v) is 4.29. The van der Waals surface area contributed by atoms with Crippen molar-refractivity contribution in [3.8, 4) is 0 Å². The predicted octanol–water partition coefficient (Wildman–Crippen LogP) is 0.614. The van der Waals surface area contributed by atoms with E-state index < -0.39 is 5.95 Å². The average molecular weight is 305 g/mol. The van der Waals surface area contributed by atoms with Crippen LogP contribution in [-0.2, 0) is 6.54 Å². The molecular formula is C15H20FN5O. The topological polar surface area (TPSA) is 63.0 Å². The van der Waals surface area contributed by atoms with Gasteiger partial charge in [-0.2, -0.15) is 9.37 Å². The Kier molecular flexibility index (Phi) is 4.44. The van der Waals surface area contributed by atoms with Gasteiger partial charge < -0.3 is 10.2 Å². The second kappa shape index (κ2) is 6.50. The minimum absolute atomic E-state index is 0.240. The average Bonchev–Trinajstić information content (AvgIpc) is 2.54. The molecule has 7 heteroatoms. The van der Waals surface area contributed by atoms with Gasteiger partial charge in [-0.05, 0) is 45.1 Å². The molecule has 3 rings (SSSR count). The van der Waals surface area contributed by atoms with Gasteiger partial charge in [0.05, 0.1) is 6.20 Å². The molecule has 118 valence electrons. The van der Waals surface area contributed by atoms with E-state index in [1.54, 1.807) is 6.07 Å². The highest BCUT2D eigenvalue weighted by atomic mass is 19.1. The maximum atomic E-state index is 13.4. The van der Waals surface area contributed by atoms with Crippen molar-refractivity contribution in [1.29, 1.82) is 0 Å². The molecule has 0 spiro atoms. The van der Waals surface area contributed by atoms with E-state index in [9.17, 15) is 9.18 Å². The predicted molar refractivity (Wildman–Crippen MR) is 82.3 cm³/mol. The van der Waals surface area contributed by atoms with Gasteiger partial charge in [0.25, 0.3) is 5.56 Å². The number of fused-ring (bicyclic) bond motifs is 1. The fraction of sp³-hybridized carbons (Fsp3) is 0.533. The first-order valence-corrected chi connectivity index (χ1v) is 7.59. The van der Waals surface area contributed by atoms with Gasteiger partial charge in [-0.3, -0.25) is 9.36 Å². The smallest absolute Gasteiger partial charge is 0.270 e. The van der Waals surface area contributed by atoms with Gasteiger partial charge >= 0.3 is 0 Å². The second-order valence-electron chi connectivity index (χ2n) is 5.63. The highest BCUT2D eigenvalue weighted by Gasteiger charge is 2.17. The molecule has 0 amide bonds. The Balaban J connectivity index is 1.75. The van der Waals surface area contributed by atoms with Crippen molar-refractivity contribution >= 4 is 11.2 Å². The molecule has 0 atom stereocenters. The molecule has 0 aromatic carbocycles. The van der Waals surface area contributed by atoms with Crippen LogP contribution in [0.5, 0.6) is 0 Å². The molecule has 0 radical (unpaired) electrons. The van der Waals surface area contributed by atoms with E-state index in [0.717, 1.165) is 32.5 Å². The van der Waals surface area contributed by atoms with E-state index in [1.165, 1.54) is 16.8 Å². The van der Waals surface area contributed by atoms with Crippen molar-refractivity contribution in [2.75, 3.05) is 26.7 Å². The van der Waals surface area contributed by atoms with Gasteiger partial charge in [-0.15, -0.1) is 0 Å². The minimum atomic E-state index is -0.594. The van der Waals surface area contributed by atoms with Crippen LogP contribution in [0, 0.1) is 5.95 Å². The number of rotatable bonds is 4. The summed E-state index contributed by atoms with van der Waals surface area (Å²) in [6, 6.07) is 3.38. The van der Waals surface area contributed by atoms with E-state index >= 15 is 0 Å². The van der Waals surface area contributed by atoms with Crippen LogP contribution in [0.3, 0.4) is 0 Å². The number of hydrogen-bond donors (Lipinski definition) is 1. The molecule has 1 fully saturated rings. The summed E-state index contributed by atoms with van der Waals surface area (Å²) >= 11 is 0. The number of hydrogen-bond acceptors (Lipinski definition) is 5. The third kappa shape index (κ3) is 3.15. The molecule has 2 aromatic rings. The van der Waals surface area contributed by atoms with Gasteiger partial charge in [0, 0.05) is 19.1 Å². The van der Waals surface area contributed by atoms with Crippen molar-refractivity contribution in [3.63, 3.8) is 0 Å². The quantitative estimate of drug-likeness (QED) is 0.839. The molecule has 6 nitrogen and oxygen atoms in total. The number of halogens is 1. The lowest BCUT2D eigenvalue weighted by Gasteiger charge is -2.31. The Hall–Kier alpha value is -1.86. The van der Waals surface area contributed by atoms with Crippen molar-refractivity contribution in [2.45, 2.75) is 25.4 Å². The molecule has 1 aliphatic rings. The van der Waals surface area contributed by atoms with Gasteiger partial charge in [-0.1, -0.05) is 0 Å². The monoisotopic (exact) mass is 305 g/mol. The van der Waals surface area contributed by atoms with Gasteiger partial charge in [0.15, 0.2) is 5.65 Å². The Morgan fingerprint density at radius 2 is 2.09 bits per heavy atom. The lowest BCUT2D eigenvalue weighted by Crippen LogP contribution is -2.42. The van der Waals surface area contributed by atoms with Crippen LogP contribution in [-0.4, -0.2) is 52.2 Å². The van der Waals surface area contributed by atoms with E-state index in [0.29, 0.717) is 23.8 Å². The molecule has 0 bridgehead atoms. The molecular weight excluding hydrogens is 285 g/mol. The SMILES string of the molecule is CNC1CCN(CCn2c(=O)cnc3ccc(F)nc32)CC1. The van der Waals surface area contributed by atoms with E-state index in [1.807, 2.05) is 7.05 Å². The zero-order valence-electron chi connectivity index (χ0n) is 12.6. The maximum absolute atomic E-state index is 13.4. The summed E-state index contributed by atoms with van der Waals surface area (Å²) in [6.07, 6.45) is 3.49. The minimum Gasteiger partial charge on any atom is -0.317 e. The standard InChI is InChI=1S/C15H20FN5O/c1-17-11-4-6-20(7-5-11)8-9-21-14(22)10-18-12-2-3-13(16)19-15(12)21/h2-3,10-11,17H,4-9H2,1H3. The van der Waals surface area contributed by atoms with Crippen LogP contribution < -0.4 is 10.9 Å². The van der Waals surface area contributed by atoms with E-state index in [2.05, 4.69) is 20.2 Å². The Labute approximate surface area is 128 Å². The fourth-order valence-corrected chi connectivity index (χ4v) is 2.92. The zero-order valence-corrected chi connectivity index (χ0v) is 12.6. The van der Waals surface area contributed by atoms with Crippen molar-refractivity contribution in [3.05, 3.63) is 34.6 Å². The summed E-state index contributed by atoms with van der Waals surface area (Å²) in [7, 11) is 1.99. The summed E-state index contributed by atoms with van der Waals surface area (Å²) in [4.78, 5) is 22.2. The molecule has 1 aliphatic heterocycles. The van der Waals surface area contributed by atoms with Gasteiger partial charge in [0.2, 0.25) is 5.95 Å². The molecule has 0 aliphatic carbocycles. The first kappa shape index (κ1) is 15.1. The van der Waals surface area contributed by atoms with Crippen molar-refractivity contribution < 1.29 is 4.39 Å². The van der Waals surface area contributed by atoms with E-state index in [-0.39, 0.29) is 5.56 Å². The lowest BCUT2D eigenvalue weighted by molar-refractivity contribution is 0.195. The maximum Gasteiger partial charge on any atom is 0.270 e. The summed E-state index contributed by atoms with van der Waals surface area (Å²) in [5.41, 5.74) is 0.614. The number of nitrogens with one attached hydrogen (secondary N) is 1. The summed E-state index contributed by atoms with van der Waals surface area (Å²) in [6.45, 7) is 3.27. The van der Waals surface area contributed by atoms with Crippen molar-refractivity contribution in [2.24, 2.45) is 0 Å². The van der Waals surface area contributed by atoms with Crippen LogP contribution in [0.15, 0.2) is 23.1 Å². The van der Waals surface area contributed by atoms with Crippen molar-refractivity contribution in [1.82, 2.24) is 24.8 Å². The highest BCUT2D eigenvalue weighted by Crippen LogP contribution is 2.11. The van der Waals surface area contributed by atoms with Crippen LogP contribution in [0.2, 0.25) is 0 Å². The third-order valence-electron chi connectivity index (χ3n) is 4.29. The van der Waals surface area contributed by atoms with Crippen LogP contribution in [0.1, 0.15) is 12.8 Å². The van der Waals surface area contributed by atoms with Gasteiger partial charge in [-0.25, -0.2) is 4.98 Å². The molecule has 3 heterocycles. The van der Waals surface area contributed by atoms with Crippen LogP contribution in [0.25, 0.3) is 11.2 Å². The number of pyridine rings is 1. The number of piperidine rings is 1. The Morgan fingerprint density at radius 1 is 1.32 bits per heavy atom. The molecule has 1 N–H and O–H groups in total. The molecule has 22 heavy (non-hydrogen) atoms. The molecule has 0 unspecified atom stereocenters. The number of nitrogens with zero attached hydrogens (tertiary/aromatic N) is 4. The summed E-state index contributed by atoms with van der Waals surface area (Å²) < 4.78 is 14.9. The largest absolute Gasteiger partial charge is 0.317 e. The lowest BCUT2D eigenvalue weighted by atomic mass is 10.1. The normalized spacial score (nSPS) is 17.2. The van der Waals surface area contributed by atoms with E-state index in [4.69, 9.17) is 0 Å². The summed E-state index contributed by atoms with van der Waals surface area (Å²) in [5, 5.41) is 3.30. The summed E-state index contributed by atoms with van der Waals surface area (Å²) in [5.74, 6) is -0.594. The number of likely N-dealkylation sites (tertiary alicyclic amines) is 1.